The van der Waals surface area contributed by atoms with Crippen molar-refractivity contribution in [1.82, 2.24) is 14.9 Å². The number of rotatable bonds is 5. The van der Waals surface area contributed by atoms with Gasteiger partial charge in [0.15, 0.2) is 0 Å². The lowest BCUT2D eigenvalue weighted by Gasteiger charge is -2.05. The molecule has 3 heteroatoms. The molecular weight excluding hydrogens is 162 g/mol. The van der Waals surface area contributed by atoms with Gasteiger partial charge in [0.05, 0.1) is 6.54 Å². The molecule has 0 atom stereocenters. The minimum Gasteiger partial charge on any atom is -0.334 e. The van der Waals surface area contributed by atoms with Gasteiger partial charge >= 0.3 is 0 Å². The van der Waals surface area contributed by atoms with Gasteiger partial charge in [-0.15, -0.1) is 0 Å². The Bertz CT molecular complexity index is 263. The van der Waals surface area contributed by atoms with E-state index in [2.05, 4.69) is 21.8 Å². The standard InChI is InChI=1S/C10H17N3/c1-2-13-6-5-12-10(13)8-11-7-9-3-4-9/h5-6,9,11H,2-4,7-8H2,1H3. The molecule has 0 aliphatic heterocycles. The van der Waals surface area contributed by atoms with Crippen molar-refractivity contribution in [2.75, 3.05) is 6.54 Å². The molecule has 0 saturated heterocycles. The number of nitrogens with one attached hydrogen (secondary N) is 1. The van der Waals surface area contributed by atoms with Crippen molar-refractivity contribution >= 4 is 0 Å². The summed E-state index contributed by atoms with van der Waals surface area (Å²) in [6, 6.07) is 0. The fraction of sp³-hybridized carbons (Fsp3) is 0.700. The maximum Gasteiger partial charge on any atom is 0.122 e. The highest BCUT2D eigenvalue weighted by molar-refractivity contribution is 4.91. The summed E-state index contributed by atoms with van der Waals surface area (Å²) in [4.78, 5) is 4.30. The summed E-state index contributed by atoms with van der Waals surface area (Å²) in [5.41, 5.74) is 0. The first kappa shape index (κ1) is 8.75. The van der Waals surface area contributed by atoms with Crippen LogP contribution in [0.3, 0.4) is 0 Å². The van der Waals surface area contributed by atoms with E-state index in [0.717, 1.165) is 31.4 Å². The fourth-order valence-corrected chi connectivity index (χ4v) is 1.51. The smallest absolute Gasteiger partial charge is 0.122 e. The second-order valence-corrected chi connectivity index (χ2v) is 3.70. The minimum atomic E-state index is 0.914. The summed E-state index contributed by atoms with van der Waals surface area (Å²) in [6.07, 6.45) is 6.73. The fourth-order valence-electron chi connectivity index (χ4n) is 1.51. The maximum atomic E-state index is 4.30. The van der Waals surface area contributed by atoms with Crippen LogP contribution in [0.25, 0.3) is 0 Å². The van der Waals surface area contributed by atoms with Crippen molar-refractivity contribution in [3.63, 3.8) is 0 Å². The highest BCUT2D eigenvalue weighted by atomic mass is 15.1. The van der Waals surface area contributed by atoms with Crippen LogP contribution < -0.4 is 5.32 Å². The van der Waals surface area contributed by atoms with Crippen LogP contribution in [0, 0.1) is 5.92 Å². The van der Waals surface area contributed by atoms with Crippen LogP contribution in [0.1, 0.15) is 25.6 Å². The topological polar surface area (TPSA) is 29.9 Å². The maximum absolute atomic E-state index is 4.30. The highest BCUT2D eigenvalue weighted by Gasteiger charge is 2.20. The molecular formula is C10H17N3. The molecule has 2 rings (SSSR count). The van der Waals surface area contributed by atoms with E-state index in [-0.39, 0.29) is 0 Å². The average Bonchev–Trinajstić information content (AvgIpc) is 2.84. The molecule has 0 radical (unpaired) electrons. The lowest BCUT2D eigenvalue weighted by molar-refractivity contribution is 0.588. The number of hydrogen-bond donors (Lipinski definition) is 1. The number of aromatic nitrogens is 2. The van der Waals surface area contributed by atoms with Crippen molar-refractivity contribution in [3.05, 3.63) is 18.2 Å². The Morgan fingerprint density at radius 2 is 2.46 bits per heavy atom. The zero-order chi connectivity index (χ0) is 9.10. The van der Waals surface area contributed by atoms with Gasteiger partial charge in [-0.2, -0.15) is 0 Å². The van der Waals surface area contributed by atoms with Gasteiger partial charge in [-0.25, -0.2) is 4.98 Å². The second kappa shape index (κ2) is 3.92. The van der Waals surface area contributed by atoms with E-state index in [0.29, 0.717) is 0 Å². The van der Waals surface area contributed by atoms with Crippen LogP contribution in [0.5, 0.6) is 0 Å². The minimum absolute atomic E-state index is 0.914. The predicted octanol–water partition coefficient (Wildman–Crippen LogP) is 1.40. The van der Waals surface area contributed by atoms with E-state index in [1.54, 1.807) is 0 Å². The largest absolute Gasteiger partial charge is 0.334 e. The Morgan fingerprint density at radius 3 is 3.15 bits per heavy atom. The van der Waals surface area contributed by atoms with Crippen LogP contribution in [0.2, 0.25) is 0 Å². The Kier molecular flexibility index (Phi) is 2.64. The van der Waals surface area contributed by atoms with Gasteiger partial charge in [0.2, 0.25) is 0 Å². The lowest BCUT2D eigenvalue weighted by Crippen LogP contribution is -2.19. The van der Waals surface area contributed by atoms with Crippen LogP contribution >= 0.6 is 0 Å². The van der Waals surface area contributed by atoms with Crippen LogP contribution in [-0.4, -0.2) is 16.1 Å². The van der Waals surface area contributed by atoms with Gasteiger partial charge in [0.1, 0.15) is 5.82 Å². The number of imidazole rings is 1. The second-order valence-electron chi connectivity index (χ2n) is 3.70. The third kappa shape index (κ3) is 2.31. The highest BCUT2D eigenvalue weighted by Crippen LogP contribution is 2.27. The van der Waals surface area contributed by atoms with E-state index in [1.807, 2.05) is 12.4 Å². The zero-order valence-corrected chi connectivity index (χ0v) is 8.16. The first-order valence-corrected chi connectivity index (χ1v) is 5.11. The summed E-state index contributed by atoms with van der Waals surface area (Å²) in [6.45, 7) is 5.24. The lowest BCUT2D eigenvalue weighted by atomic mass is 10.4. The van der Waals surface area contributed by atoms with E-state index in [9.17, 15) is 0 Å². The summed E-state index contributed by atoms with van der Waals surface area (Å²) in [5.74, 6) is 2.10. The van der Waals surface area contributed by atoms with E-state index < -0.39 is 0 Å². The molecule has 72 valence electrons. The van der Waals surface area contributed by atoms with Crippen LogP contribution in [0.4, 0.5) is 0 Å². The summed E-state index contributed by atoms with van der Waals surface area (Å²) < 4.78 is 2.18. The first-order valence-electron chi connectivity index (χ1n) is 5.11. The molecule has 1 fully saturated rings. The molecule has 1 saturated carbocycles. The first-order chi connectivity index (χ1) is 6.40. The van der Waals surface area contributed by atoms with Crippen LogP contribution in [0.15, 0.2) is 12.4 Å². The predicted molar refractivity (Wildman–Crippen MR) is 52.3 cm³/mol. The van der Waals surface area contributed by atoms with Crippen molar-refractivity contribution in [2.24, 2.45) is 5.92 Å². The molecule has 1 heterocycles. The van der Waals surface area contributed by atoms with Crippen molar-refractivity contribution < 1.29 is 0 Å². The van der Waals surface area contributed by atoms with Gasteiger partial charge in [0, 0.05) is 18.9 Å². The number of aryl methyl sites for hydroxylation is 1. The van der Waals surface area contributed by atoms with Gasteiger partial charge < -0.3 is 9.88 Å². The quantitative estimate of drug-likeness (QED) is 0.740. The molecule has 0 bridgehead atoms. The molecule has 1 aliphatic carbocycles. The third-order valence-electron chi connectivity index (χ3n) is 2.56. The van der Waals surface area contributed by atoms with Crippen LogP contribution in [-0.2, 0) is 13.1 Å². The van der Waals surface area contributed by atoms with Crippen molar-refractivity contribution in [3.8, 4) is 0 Å². The summed E-state index contributed by atoms with van der Waals surface area (Å²) in [7, 11) is 0. The molecule has 1 aromatic heterocycles. The van der Waals surface area contributed by atoms with Crippen molar-refractivity contribution in [2.45, 2.75) is 32.9 Å². The zero-order valence-electron chi connectivity index (χ0n) is 8.16. The normalized spacial score (nSPS) is 16.4. The van der Waals surface area contributed by atoms with Crippen molar-refractivity contribution in [1.29, 1.82) is 0 Å². The van der Waals surface area contributed by atoms with Gasteiger partial charge in [-0.1, -0.05) is 0 Å². The monoisotopic (exact) mass is 179 g/mol. The Balaban J connectivity index is 1.78. The Hall–Kier alpha value is -0.830. The summed E-state index contributed by atoms with van der Waals surface area (Å²) in [5, 5.41) is 3.44. The van der Waals surface area contributed by atoms with E-state index >= 15 is 0 Å². The molecule has 3 nitrogen and oxygen atoms in total. The molecule has 13 heavy (non-hydrogen) atoms. The Labute approximate surface area is 79.2 Å². The molecule has 0 amide bonds. The number of hydrogen-bond acceptors (Lipinski definition) is 2. The Morgan fingerprint density at radius 1 is 1.62 bits per heavy atom. The molecule has 1 aliphatic rings. The van der Waals surface area contributed by atoms with E-state index in [4.69, 9.17) is 0 Å². The van der Waals surface area contributed by atoms with Gasteiger partial charge in [-0.3, -0.25) is 0 Å². The summed E-state index contributed by atoms with van der Waals surface area (Å²) >= 11 is 0. The molecule has 0 spiro atoms. The molecule has 0 aromatic carbocycles. The van der Waals surface area contributed by atoms with Gasteiger partial charge in [-0.05, 0) is 32.2 Å². The SMILES string of the molecule is CCn1ccnc1CNCC1CC1. The van der Waals surface area contributed by atoms with Gasteiger partial charge in [0.25, 0.3) is 0 Å². The average molecular weight is 179 g/mol. The molecule has 1 aromatic rings. The third-order valence-corrected chi connectivity index (χ3v) is 2.56. The van der Waals surface area contributed by atoms with E-state index in [1.165, 1.54) is 12.8 Å². The number of nitrogens with zero attached hydrogens (tertiary/aromatic N) is 2. The molecule has 0 unspecified atom stereocenters. The molecule has 1 N–H and O–H groups in total.